The van der Waals surface area contributed by atoms with Crippen LogP contribution in [0.15, 0.2) is 12.3 Å². The van der Waals surface area contributed by atoms with Crippen LogP contribution < -0.4 is 4.74 Å². The Morgan fingerprint density at radius 2 is 2.06 bits per heavy atom. The predicted octanol–water partition coefficient (Wildman–Crippen LogP) is 1.92. The fourth-order valence-corrected chi connectivity index (χ4v) is 1.15. The summed E-state index contributed by atoms with van der Waals surface area (Å²) >= 11 is 5.73. The Kier molecular flexibility index (Phi) is 6.07. The highest BCUT2D eigenvalue weighted by Gasteiger charge is 2.03. The third-order valence-corrected chi connectivity index (χ3v) is 2.00. The van der Waals surface area contributed by atoms with Crippen LogP contribution in [-0.2, 0) is 9.47 Å². The first-order valence-electron chi connectivity index (χ1n) is 4.74. The number of hydrogen-bond donors (Lipinski definition) is 0. The van der Waals surface area contributed by atoms with Gasteiger partial charge in [0.2, 0.25) is 5.95 Å². The number of aromatic nitrogens is 1. The zero-order valence-electron chi connectivity index (χ0n) is 8.91. The molecule has 90 valence electrons. The number of hydrogen-bond acceptors (Lipinski definition) is 4. The molecule has 0 N–H and O–H groups in total. The molecule has 0 fully saturated rings. The summed E-state index contributed by atoms with van der Waals surface area (Å²) in [4.78, 5) is 3.43. The van der Waals surface area contributed by atoms with Crippen molar-refractivity contribution in [3.05, 3.63) is 23.2 Å². The Morgan fingerprint density at radius 1 is 1.31 bits per heavy atom. The first-order chi connectivity index (χ1) is 7.74. The molecule has 0 aromatic carbocycles. The topological polar surface area (TPSA) is 40.6 Å². The van der Waals surface area contributed by atoms with Gasteiger partial charge >= 0.3 is 0 Å². The second-order valence-electron chi connectivity index (χ2n) is 2.89. The van der Waals surface area contributed by atoms with E-state index < -0.39 is 5.95 Å². The van der Waals surface area contributed by atoms with Gasteiger partial charge in [0.05, 0.1) is 31.0 Å². The third-order valence-electron chi connectivity index (χ3n) is 1.70. The van der Waals surface area contributed by atoms with Crippen LogP contribution in [0.3, 0.4) is 0 Å². The van der Waals surface area contributed by atoms with E-state index in [0.29, 0.717) is 32.2 Å². The molecule has 0 amide bonds. The van der Waals surface area contributed by atoms with E-state index in [4.69, 9.17) is 25.8 Å². The fraction of sp³-hybridized carbons (Fsp3) is 0.500. The van der Waals surface area contributed by atoms with Gasteiger partial charge in [0.15, 0.2) is 5.75 Å². The van der Waals surface area contributed by atoms with Crippen molar-refractivity contribution < 1.29 is 18.6 Å². The van der Waals surface area contributed by atoms with Crippen LogP contribution in [0.1, 0.15) is 0 Å². The summed E-state index contributed by atoms with van der Waals surface area (Å²) in [6.07, 6.45) is 1.24. The van der Waals surface area contributed by atoms with Crippen molar-refractivity contribution >= 4 is 11.6 Å². The molecule has 0 atom stereocenters. The van der Waals surface area contributed by atoms with E-state index in [2.05, 4.69) is 4.98 Å². The normalized spacial score (nSPS) is 10.4. The Labute approximate surface area is 98.3 Å². The maximum atomic E-state index is 12.6. The highest BCUT2D eigenvalue weighted by Crippen LogP contribution is 2.22. The summed E-state index contributed by atoms with van der Waals surface area (Å²) in [5.41, 5.74) is 0. The molecule has 1 heterocycles. The van der Waals surface area contributed by atoms with Crippen LogP contribution in [0.5, 0.6) is 5.75 Å². The second kappa shape index (κ2) is 7.38. The molecule has 4 nitrogen and oxygen atoms in total. The van der Waals surface area contributed by atoms with Gasteiger partial charge in [-0.3, -0.25) is 0 Å². The van der Waals surface area contributed by atoms with Gasteiger partial charge in [-0.25, -0.2) is 4.98 Å². The first kappa shape index (κ1) is 13.2. The van der Waals surface area contributed by atoms with E-state index >= 15 is 0 Å². The van der Waals surface area contributed by atoms with Crippen molar-refractivity contribution in [2.24, 2.45) is 0 Å². The molecule has 0 unspecified atom stereocenters. The van der Waals surface area contributed by atoms with Gasteiger partial charge in [-0.15, -0.1) is 0 Å². The van der Waals surface area contributed by atoms with Crippen LogP contribution in [0.25, 0.3) is 0 Å². The van der Waals surface area contributed by atoms with E-state index in [0.717, 1.165) is 6.07 Å². The number of pyridine rings is 1. The quantitative estimate of drug-likeness (QED) is 0.547. The molecule has 0 saturated heterocycles. The molecule has 0 bridgehead atoms. The monoisotopic (exact) mass is 249 g/mol. The van der Waals surface area contributed by atoms with E-state index in [-0.39, 0.29) is 5.02 Å². The van der Waals surface area contributed by atoms with Gasteiger partial charge in [-0.1, -0.05) is 11.6 Å². The minimum absolute atomic E-state index is 0.199. The average molecular weight is 250 g/mol. The van der Waals surface area contributed by atoms with Gasteiger partial charge in [-0.2, -0.15) is 4.39 Å². The molecule has 0 saturated carbocycles. The summed E-state index contributed by atoms with van der Waals surface area (Å²) in [6, 6.07) is 1.10. The van der Waals surface area contributed by atoms with E-state index in [1.54, 1.807) is 7.11 Å². The number of rotatable bonds is 7. The van der Waals surface area contributed by atoms with Crippen LogP contribution in [0, 0.1) is 5.95 Å². The first-order valence-corrected chi connectivity index (χ1v) is 5.12. The molecule has 0 aliphatic carbocycles. The smallest absolute Gasteiger partial charge is 0.214 e. The molecule has 0 aliphatic heterocycles. The van der Waals surface area contributed by atoms with Crippen molar-refractivity contribution in [1.29, 1.82) is 0 Å². The lowest BCUT2D eigenvalue weighted by atomic mass is 10.4. The molecule has 1 aromatic heterocycles. The van der Waals surface area contributed by atoms with E-state index in [9.17, 15) is 4.39 Å². The molecule has 1 aromatic rings. The average Bonchev–Trinajstić information content (AvgIpc) is 2.26. The standard InChI is InChI=1S/C10H13ClFNO3/c1-14-2-3-15-4-5-16-9-7-13-10(12)6-8(9)11/h6-7H,2-5H2,1H3. The highest BCUT2D eigenvalue weighted by atomic mass is 35.5. The summed E-state index contributed by atoms with van der Waals surface area (Å²) in [7, 11) is 1.60. The Morgan fingerprint density at radius 3 is 2.75 bits per heavy atom. The molecule has 0 radical (unpaired) electrons. The van der Waals surface area contributed by atoms with Gasteiger partial charge in [0, 0.05) is 13.2 Å². The molecular formula is C10H13ClFNO3. The Hall–Kier alpha value is -0.910. The lowest BCUT2D eigenvalue weighted by molar-refractivity contribution is 0.0543. The second-order valence-corrected chi connectivity index (χ2v) is 3.30. The van der Waals surface area contributed by atoms with Gasteiger partial charge < -0.3 is 14.2 Å². The molecule has 1 rings (SSSR count). The summed E-state index contributed by atoms with van der Waals surface area (Å²) < 4.78 is 27.8. The minimum Gasteiger partial charge on any atom is -0.488 e. The summed E-state index contributed by atoms with van der Waals surface area (Å²) in [6.45, 7) is 1.79. The maximum absolute atomic E-state index is 12.6. The predicted molar refractivity (Wildman–Crippen MR) is 57.4 cm³/mol. The summed E-state index contributed by atoms with van der Waals surface area (Å²) in [5, 5.41) is 0.199. The van der Waals surface area contributed by atoms with Gasteiger partial charge in [0.1, 0.15) is 6.61 Å². The van der Waals surface area contributed by atoms with Crippen molar-refractivity contribution in [1.82, 2.24) is 4.98 Å². The Balaban J connectivity index is 2.21. The van der Waals surface area contributed by atoms with Crippen molar-refractivity contribution in [3.8, 4) is 5.75 Å². The molecule has 0 aliphatic rings. The van der Waals surface area contributed by atoms with Crippen LogP contribution in [0.4, 0.5) is 4.39 Å². The van der Waals surface area contributed by atoms with E-state index in [1.165, 1.54) is 6.20 Å². The van der Waals surface area contributed by atoms with Crippen molar-refractivity contribution in [2.75, 3.05) is 33.5 Å². The summed E-state index contributed by atoms with van der Waals surface area (Å²) in [5.74, 6) is -0.285. The highest BCUT2D eigenvalue weighted by molar-refractivity contribution is 6.31. The Bertz CT molecular complexity index is 325. The fourth-order valence-electron chi connectivity index (χ4n) is 0.956. The van der Waals surface area contributed by atoms with Crippen molar-refractivity contribution in [3.63, 3.8) is 0 Å². The zero-order valence-corrected chi connectivity index (χ0v) is 9.67. The zero-order chi connectivity index (χ0) is 11.8. The number of ether oxygens (including phenoxy) is 3. The van der Waals surface area contributed by atoms with E-state index in [1.807, 2.05) is 0 Å². The maximum Gasteiger partial charge on any atom is 0.214 e. The molecule has 16 heavy (non-hydrogen) atoms. The SMILES string of the molecule is COCCOCCOc1cnc(F)cc1Cl. The minimum atomic E-state index is -0.631. The van der Waals surface area contributed by atoms with Crippen LogP contribution >= 0.6 is 11.6 Å². The number of nitrogens with zero attached hydrogens (tertiary/aromatic N) is 1. The van der Waals surface area contributed by atoms with Crippen LogP contribution in [0.2, 0.25) is 5.02 Å². The largest absolute Gasteiger partial charge is 0.488 e. The number of methoxy groups -OCH3 is 1. The van der Waals surface area contributed by atoms with Crippen molar-refractivity contribution in [2.45, 2.75) is 0 Å². The number of halogens is 2. The van der Waals surface area contributed by atoms with Gasteiger partial charge in [0.25, 0.3) is 0 Å². The third kappa shape index (κ3) is 4.74. The lowest BCUT2D eigenvalue weighted by Crippen LogP contribution is -2.10. The molecule has 6 heteroatoms. The van der Waals surface area contributed by atoms with Crippen LogP contribution in [-0.4, -0.2) is 38.5 Å². The molecular weight excluding hydrogens is 237 g/mol. The van der Waals surface area contributed by atoms with Gasteiger partial charge in [-0.05, 0) is 0 Å². The lowest BCUT2D eigenvalue weighted by Gasteiger charge is -2.07. The molecule has 0 spiro atoms.